The molecule has 0 aliphatic carbocycles. The number of rotatable bonds is 11. The van der Waals surface area contributed by atoms with Crippen LogP contribution in [0.15, 0.2) is 54.6 Å². The highest BCUT2D eigenvalue weighted by Crippen LogP contribution is 2.25. The first-order valence-electron chi connectivity index (χ1n) is 11.5. The third-order valence-corrected chi connectivity index (χ3v) is 5.26. The fourth-order valence-corrected chi connectivity index (χ4v) is 3.31. The molecule has 0 aromatic heterocycles. The molecule has 0 heterocycles. The molecule has 0 unspecified atom stereocenters. The predicted molar refractivity (Wildman–Crippen MR) is 138 cm³/mol. The molecule has 2 rings (SSSR count). The van der Waals surface area contributed by atoms with Gasteiger partial charge in [0.25, 0.3) is 0 Å². The number of carboxylic acids is 2. The smallest absolute Gasteiger partial charge is 0.328 e. The van der Waals surface area contributed by atoms with Crippen LogP contribution < -0.4 is 4.74 Å². The number of hydrogen-bond donors (Lipinski definition) is 2. The van der Waals surface area contributed by atoms with Gasteiger partial charge < -0.3 is 19.8 Å². The van der Waals surface area contributed by atoms with Gasteiger partial charge in [-0.1, -0.05) is 44.2 Å². The number of carbonyl (C=O) groups excluding carboxylic acids is 1. The first kappa shape index (κ1) is 29.3. The topological polar surface area (TPSA) is 104 Å². The molecule has 0 amide bonds. The van der Waals surface area contributed by atoms with Crippen LogP contribution in [0.2, 0.25) is 0 Å². The summed E-state index contributed by atoms with van der Waals surface area (Å²) in [6, 6.07) is 11.9. The maximum atomic E-state index is 12.6. The van der Waals surface area contributed by atoms with Gasteiger partial charge in [-0.25, -0.2) is 9.59 Å². The van der Waals surface area contributed by atoms with Crippen LogP contribution >= 0.6 is 0 Å². The zero-order chi connectivity index (χ0) is 26.4. The van der Waals surface area contributed by atoms with E-state index >= 15 is 0 Å². The molecule has 35 heavy (non-hydrogen) atoms. The zero-order valence-electron chi connectivity index (χ0n) is 21.1. The SMILES string of the molecule is CCN(CC)CCOc1c(C)cc(C(=O)C=Cc2ccccc2C)cc1C.O=C(O)/C=C/C(=O)O. The van der Waals surface area contributed by atoms with Crippen LogP contribution in [0.5, 0.6) is 5.75 Å². The van der Waals surface area contributed by atoms with Gasteiger partial charge in [-0.05, 0) is 74.3 Å². The predicted octanol–water partition coefficient (Wildman–Crippen LogP) is 4.94. The van der Waals surface area contributed by atoms with E-state index < -0.39 is 11.9 Å². The van der Waals surface area contributed by atoms with Crippen molar-refractivity contribution in [2.75, 3.05) is 26.2 Å². The number of aliphatic carboxylic acids is 2. The second-order valence-corrected chi connectivity index (χ2v) is 7.88. The van der Waals surface area contributed by atoms with E-state index in [1.165, 1.54) is 0 Å². The van der Waals surface area contributed by atoms with Crippen molar-refractivity contribution in [1.29, 1.82) is 0 Å². The number of ketones is 1. The van der Waals surface area contributed by atoms with Gasteiger partial charge in [0.2, 0.25) is 0 Å². The molecular weight excluding hydrogens is 446 g/mol. The molecule has 0 radical (unpaired) electrons. The van der Waals surface area contributed by atoms with Crippen molar-refractivity contribution in [3.05, 3.63) is 82.4 Å². The lowest BCUT2D eigenvalue weighted by atomic mass is 10.0. The first-order valence-corrected chi connectivity index (χ1v) is 11.5. The number of hydrogen-bond acceptors (Lipinski definition) is 5. The van der Waals surface area contributed by atoms with E-state index in [0.717, 1.165) is 47.6 Å². The maximum Gasteiger partial charge on any atom is 0.328 e. The largest absolute Gasteiger partial charge is 0.492 e. The summed E-state index contributed by atoms with van der Waals surface area (Å²) in [5.41, 5.74) is 4.93. The van der Waals surface area contributed by atoms with E-state index in [0.29, 0.717) is 24.3 Å². The Balaban J connectivity index is 0.000000658. The summed E-state index contributed by atoms with van der Waals surface area (Å²) in [5.74, 6) is -1.61. The van der Waals surface area contributed by atoms with E-state index in [1.807, 2.05) is 63.2 Å². The summed E-state index contributed by atoms with van der Waals surface area (Å²) < 4.78 is 6.01. The Morgan fingerprint density at radius 2 is 1.40 bits per heavy atom. The highest BCUT2D eigenvalue weighted by molar-refractivity contribution is 6.07. The minimum Gasteiger partial charge on any atom is -0.492 e. The molecule has 2 aromatic rings. The number of carboxylic acid groups (broad SMARTS) is 2. The summed E-state index contributed by atoms with van der Waals surface area (Å²) in [6.45, 7) is 14.0. The van der Waals surface area contributed by atoms with Gasteiger partial charge in [0.15, 0.2) is 5.78 Å². The quantitative estimate of drug-likeness (QED) is 0.346. The van der Waals surface area contributed by atoms with Crippen molar-refractivity contribution in [3.8, 4) is 5.75 Å². The van der Waals surface area contributed by atoms with Crippen molar-refractivity contribution < 1.29 is 29.3 Å². The number of ether oxygens (including phenoxy) is 1. The number of allylic oxidation sites excluding steroid dienone is 1. The summed E-state index contributed by atoms with van der Waals surface area (Å²) in [7, 11) is 0. The van der Waals surface area contributed by atoms with Gasteiger partial charge in [0.1, 0.15) is 12.4 Å². The van der Waals surface area contributed by atoms with Crippen LogP contribution in [0.3, 0.4) is 0 Å². The van der Waals surface area contributed by atoms with Crippen LogP contribution in [-0.4, -0.2) is 59.1 Å². The molecular formula is C28H35NO6. The Bertz CT molecular complexity index is 1030. The van der Waals surface area contributed by atoms with Crippen LogP contribution in [0.1, 0.15) is 46.5 Å². The zero-order valence-corrected chi connectivity index (χ0v) is 21.1. The maximum absolute atomic E-state index is 12.6. The molecule has 2 N–H and O–H groups in total. The lowest BCUT2D eigenvalue weighted by Crippen LogP contribution is -2.28. The molecule has 0 aliphatic rings. The van der Waals surface area contributed by atoms with Gasteiger partial charge >= 0.3 is 11.9 Å². The molecule has 2 aromatic carbocycles. The molecule has 188 valence electrons. The summed E-state index contributed by atoms with van der Waals surface area (Å²) in [5, 5.41) is 15.6. The van der Waals surface area contributed by atoms with Crippen molar-refractivity contribution in [3.63, 3.8) is 0 Å². The van der Waals surface area contributed by atoms with Gasteiger partial charge in [-0.3, -0.25) is 4.79 Å². The molecule has 0 atom stereocenters. The minimum atomic E-state index is -1.26. The summed E-state index contributed by atoms with van der Waals surface area (Å²) in [4.78, 5) is 34.0. The normalized spacial score (nSPS) is 10.9. The fourth-order valence-electron chi connectivity index (χ4n) is 3.31. The van der Waals surface area contributed by atoms with Crippen LogP contribution in [0, 0.1) is 20.8 Å². The third-order valence-electron chi connectivity index (χ3n) is 5.26. The molecule has 0 aliphatic heterocycles. The third kappa shape index (κ3) is 10.8. The molecule has 7 nitrogen and oxygen atoms in total. The van der Waals surface area contributed by atoms with Crippen LogP contribution in [0.25, 0.3) is 6.08 Å². The van der Waals surface area contributed by atoms with E-state index in [-0.39, 0.29) is 5.78 Å². The Kier molecular flexibility index (Phi) is 12.8. The monoisotopic (exact) mass is 481 g/mol. The molecule has 0 saturated heterocycles. The minimum absolute atomic E-state index is 0.0131. The van der Waals surface area contributed by atoms with Crippen molar-refractivity contribution in [2.45, 2.75) is 34.6 Å². The highest BCUT2D eigenvalue weighted by Gasteiger charge is 2.11. The number of likely N-dealkylation sites (N-methyl/N-ethyl adjacent to an activating group) is 1. The Morgan fingerprint density at radius 1 is 0.857 bits per heavy atom. The van der Waals surface area contributed by atoms with Gasteiger partial charge in [0.05, 0.1) is 0 Å². The molecule has 0 fully saturated rings. The van der Waals surface area contributed by atoms with E-state index in [1.54, 1.807) is 6.08 Å². The number of benzene rings is 2. The molecule has 0 bridgehead atoms. The standard InChI is InChI=1S/C24H31NO2.C4H4O4/c1-6-25(7-2)14-15-27-24-19(4)16-22(17-20(24)5)23(26)13-12-21-11-9-8-10-18(21)3;5-3(6)1-2-4(7)8/h8-13,16-17H,6-7,14-15H2,1-5H3;1-2H,(H,5,6)(H,7,8)/b;2-1+. The number of carbonyl (C=O) groups is 3. The van der Waals surface area contributed by atoms with Crippen LogP contribution in [-0.2, 0) is 9.59 Å². The lowest BCUT2D eigenvalue weighted by Gasteiger charge is -2.19. The summed E-state index contributed by atoms with van der Waals surface area (Å²) >= 11 is 0. The number of nitrogens with zero attached hydrogens (tertiary/aromatic N) is 1. The van der Waals surface area contributed by atoms with Crippen LogP contribution in [0.4, 0.5) is 0 Å². The molecule has 0 saturated carbocycles. The lowest BCUT2D eigenvalue weighted by molar-refractivity contribution is -0.134. The van der Waals surface area contributed by atoms with Gasteiger partial charge in [-0.15, -0.1) is 0 Å². The molecule has 7 heteroatoms. The number of aryl methyl sites for hydroxylation is 3. The summed E-state index contributed by atoms with van der Waals surface area (Å²) in [6.07, 6.45) is 4.65. The van der Waals surface area contributed by atoms with Crippen molar-refractivity contribution in [2.24, 2.45) is 0 Å². The second kappa shape index (κ2) is 15.2. The Labute approximate surface area is 207 Å². The highest BCUT2D eigenvalue weighted by atomic mass is 16.5. The molecule has 0 spiro atoms. The second-order valence-electron chi connectivity index (χ2n) is 7.88. The van der Waals surface area contributed by atoms with E-state index in [4.69, 9.17) is 14.9 Å². The van der Waals surface area contributed by atoms with Crippen molar-refractivity contribution >= 4 is 23.8 Å². The average molecular weight is 482 g/mol. The Hall–Kier alpha value is -3.71. The average Bonchev–Trinajstić information content (AvgIpc) is 2.81. The Morgan fingerprint density at radius 3 is 1.89 bits per heavy atom. The van der Waals surface area contributed by atoms with E-state index in [2.05, 4.69) is 18.7 Å². The first-order chi connectivity index (χ1) is 16.6. The van der Waals surface area contributed by atoms with Gasteiger partial charge in [0, 0.05) is 24.3 Å². The van der Waals surface area contributed by atoms with E-state index in [9.17, 15) is 14.4 Å². The fraction of sp³-hybridized carbons (Fsp3) is 0.321. The van der Waals surface area contributed by atoms with Gasteiger partial charge in [-0.2, -0.15) is 0 Å². The van der Waals surface area contributed by atoms with Crippen molar-refractivity contribution in [1.82, 2.24) is 4.90 Å².